The molecule has 6 nitrogen and oxygen atoms in total. The van der Waals surface area contributed by atoms with Crippen LogP contribution in [0.5, 0.6) is 5.75 Å². The number of halogens is 3. The highest BCUT2D eigenvalue weighted by Gasteiger charge is 2.29. The predicted octanol–water partition coefficient (Wildman–Crippen LogP) is 2.74. The van der Waals surface area contributed by atoms with E-state index in [0.29, 0.717) is 0 Å². The van der Waals surface area contributed by atoms with E-state index in [1.165, 1.54) is 18.3 Å². The normalized spacial score (nSPS) is 11.0. The molecule has 2 aromatic rings. The largest absolute Gasteiger partial charge is 0.482 e. The number of pyridine rings is 2. The van der Waals surface area contributed by atoms with Crippen LogP contribution in [0.15, 0.2) is 36.7 Å². The second-order valence-electron chi connectivity index (χ2n) is 5.00. The van der Waals surface area contributed by atoms with Gasteiger partial charge in [-0.1, -0.05) is 0 Å². The molecule has 1 amide bonds. The monoisotopic (exact) mass is 340 g/mol. The number of anilines is 2. The topological polar surface area (TPSA) is 67.4 Å². The molecule has 0 aliphatic heterocycles. The van der Waals surface area contributed by atoms with Crippen molar-refractivity contribution >= 4 is 17.4 Å². The Morgan fingerprint density at radius 3 is 2.58 bits per heavy atom. The van der Waals surface area contributed by atoms with Crippen LogP contribution in [0.1, 0.15) is 10.5 Å². The van der Waals surface area contributed by atoms with Gasteiger partial charge in [0.25, 0.3) is 5.91 Å². The van der Waals surface area contributed by atoms with Gasteiger partial charge in [-0.2, -0.15) is 13.2 Å². The van der Waals surface area contributed by atoms with E-state index < -0.39 is 18.7 Å². The summed E-state index contributed by atoms with van der Waals surface area (Å²) >= 11 is 0. The van der Waals surface area contributed by atoms with E-state index >= 15 is 0 Å². The molecule has 0 saturated heterocycles. The van der Waals surface area contributed by atoms with E-state index in [9.17, 15) is 18.0 Å². The second-order valence-corrected chi connectivity index (χ2v) is 5.00. The van der Waals surface area contributed by atoms with E-state index in [1.54, 1.807) is 18.3 Å². The summed E-state index contributed by atoms with van der Waals surface area (Å²) in [5.74, 6) is -0.715. The summed E-state index contributed by atoms with van der Waals surface area (Å²) in [6.45, 7) is -1.51. The average Bonchev–Trinajstić information content (AvgIpc) is 2.53. The number of nitrogens with one attached hydrogen (secondary N) is 1. The molecule has 24 heavy (non-hydrogen) atoms. The van der Waals surface area contributed by atoms with Crippen LogP contribution in [0.4, 0.5) is 24.7 Å². The highest BCUT2D eigenvalue weighted by atomic mass is 19.4. The molecule has 2 rings (SSSR count). The Hall–Kier alpha value is -2.84. The van der Waals surface area contributed by atoms with Crippen LogP contribution < -0.4 is 15.0 Å². The van der Waals surface area contributed by atoms with Crippen LogP contribution in [0.3, 0.4) is 0 Å². The first-order valence-corrected chi connectivity index (χ1v) is 6.85. The number of alkyl halides is 3. The van der Waals surface area contributed by atoms with Crippen LogP contribution in [0.25, 0.3) is 0 Å². The molecule has 0 saturated carbocycles. The van der Waals surface area contributed by atoms with E-state index in [-0.39, 0.29) is 17.3 Å². The number of amides is 1. The number of carbonyl (C=O) groups excluding carboxylic acids is 1. The lowest BCUT2D eigenvalue weighted by Gasteiger charge is -2.13. The second kappa shape index (κ2) is 7.16. The van der Waals surface area contributed by atoms with Crippen LogP contribution in [0, 0.1) is 0 Å². The quantitative estimate of drug-likeness (QED) is 0.906. The van der Waals surface area contributed by atoms with Gasteiger partial charge in [0.2, 0.25) is 0 Å². The fourth-order valence-electron chi connectivity index (χ4n) is 1.74. The standard InChI is InChI=1S/C15H15F3N4O2/c1-22(2)10-5-6-12(20-8-10)21-14(23)13-11(4-3-7-19-13)24-9-15(16,17)18/h3-8H,9H2,1-2H3,(H,20,21,23). The summed E-state index contributed by atoms with van der Waals surface area (Å²) in [7, 11) is 3.68. The first kappa shape index (κ1) is 17.5. The minimum absolute atomic E-state index is 0.248. The summed E-state index contributed by atoms with van der Waals surface area (Å²) in [5, 5.41) is 2.47. The lowest BCUT2D eigenvalue weighted by molar-refractivity contribution is -0.153. The highest BCUT2D eigenvalue weighted by molar-refractivity contribution is 6.04. The number of rotatable bonds is 5. The number of aromatic nitrogens is 2. The molecule has 9 heteroatoms. The third-order valence-corrected chi connectivity index (χ3v) is 2.88. The van der Waals surface area contributed by atoms with Crippen LogP contribution in [-0.4, -0.2) is 42.8 Å². The Balaban J connectivity index is 2.12. The Labute approximate surface area is 136 Å². The zero-order valence-electron chi connectivity index (χ0n) is 13.0. The van der Waals surface area contributed by atoms with Crippen molar-refractivity contribution in [1.82, 2.24) is 9.97 Å². The number of nitrogens with zero attached hydrogens (tertiary/aromatic N) is 3. The fraction of sp³-hybridized carbons (Fsp3) is 0.267. The molecule has 2 heterocycles. The van der Waals surface area contributed by atoms with Gasteiger partial charge in [-0.25, -0.2) is 9.97 Å². The lowest BCUT2D eigenvalue weighted by atomic mass is 10.3. The molecule has 0 aliphatic rings. The van der Waals surface area contributed by atoms with Crippen molar-refractivity contribution in [2.24, 2.45) is 0 Å². The third-order valence-electron chi connectivity index (χ3n) is 2.88. The van der Waals surface area contributed by atoms with Crippen LogP contribution in [0.2, 0.25) is 0 Å². The Morgan fingerprint density at radius 2 is 2.00 bits per heavy atom. The van der Waals surface area contributed by atoms with Gasteiger partial charge in [0.05, 0.1) is 11.9 Å². The minimum Gasteiger partial charge on any atom is -0.482 e. The van der Waals surface area contributed by atoms with Crippen molar-refractivity contribution in [2.45, 2.75) is 6.18 Å². The van der Waals surface area contributed by atoms with Gasteiger partial charge in [-0.3, -0.25) is 4.79 Å². The molecule has 0 unspecified atom stereocenters. The van der Waals surface area contributed by atoms with Crippen molar-refractivity contribution in [3.63, 3.8) is 0 Å². The molecule has 0 radical (unpaired) electrons. The van der Waals surface area contributed by atoms with Gasteiger partial charge in [0.15, 0.2) is 18.1 Å². The molecule has 0 aliphatic carbocycles. The SMILES string of the molecule is CN(C)c1ccc(NC(=O)c2ncccc2OCC(F)(F)F)nc1. The number of ether oxygens (including phenoxy) is 1. The van der Waals surface area contributed by atoms with E-state index in [4.69, 9.17) is 0 Å². The third kappa shape index (κ3) is 4.83. The molecular formula is C15H15F3N4O2. The zero-order valence-corrected chi connectivity index (χ0v) is 13.0. The van der Waals surface area contributed by atoms with E-state index in [2.05, 4.69) is 20.0 Å². The predicted molar refractivity (Wildman–Crippen MR) is 82.3 cm³/mol. The first-order valence-electron chi connectivity index (χ1n) is 6.85. The average molecular weight is 340 g/mol. The number of hydrogen-bond donors (Lipinski definition) is 1. The summed E-state index contributed by atoms with van der Waals surface area (Å²) < 4.78 is 41.4. The molecule has 128 valence electrons. The minimum atomic E-state index is -4.51. The van der Waals surface area contributed by atoms with E-state index in [0.717, 1.165) is 5.69 Å². The molecule has 0 bridgehead atoms. The Bertz CT molecular complexity index is 703. The van der Waals surface area contributed by atoms with Crippen molar-refractivity contribution in [3.05, 3.63) is 42.4 Å². The summed E-state index contributed by atoms with van der Waals surface area (Å²) in [4.78, 5) is 21.9. The highest BCUT2D eigenvalue weighted by Crippen LogP contribution is 2.21. The van der Waals surface area contributed by atoms with Crippen molar-refractivity contribution in [1.29, 1.82) is 0 Å². The summed E-state index contributed by atoms with van der Waals surface area (Å²) in [6.07, 6.45) is -1.67. The van der Waals surface area contributed by atoms with Gasteiger partial charge in [0, 0.05) is 20.3 Å². The van der Waals surface area contributed by atoms with Gasteiger partial charge < -0.3 is 15.0 Å². The van der Waals surface area contributed by atoms with Gasteiger partial charge in [-0.15, -0.1) is 0 Å². The fourth-order valence-corrected chi connectivity index (χ4v) is 1.74. The van der Waals surface area contributed by atoms with Crippen molar-refractivity contribution in [2.75, 3.05) is 30.9 Å². The molecule has 0 fully saturated rings. The zero-order chi connectivity index (χ0) is 17.7. The van der Waals surface area contributed by atoms with Crippen molar-refractivity contribution in [3.8, 4) is 5.75 Å². The Morgan fingerprint density at radius 1 is 1.25 bits per heavy atom. The smallest absolute Gasteiger partial charge is 0.422 e. The maximum Gasteiger partial charge on any atom is 0.422 e. The van der Waals surface area contributed by atoms with Crippen LogP contribution >= 0.6 is 0 Å². The molecule has 2 aromatic heterocycles. The van der Waals surface area contributed by atoms with Gasteiger partial charge in [0.1, 0.15) is 5.82 Å². The first-order chi connectivity index (χ1) is 11.3. The lowest BCUT2D eigenvalue weighted by Crippen LogP contribution is -2.22. The van der Waals surface area contributed by atoms with Crippen molar-refractivity contribution < 1.29 is 22.7 Å². The maximum atomic E-state index is 12.3. The van der Waals surface area contributed by atoms with E-state index in [1.807, 2.05) is 19.0 Å². The molecule has 0 atom stereocenters. The molecular weight excluding hydrogens is 325 g/mol. The molecule has 1 N–H and O–H groups in total. The number of carbonyl (C=O) groups is 1. The van der Waals surface area contributed by atoms with Gasteiger partial charge in [-0.05, 0) is 24.3 Å². The maximum absolute atomic E-state index is 12.3. The Kier molecular flexibility index (Phi) is 5.22. The number of hydrogen-bond acceptors (Lipinski definition) is 5. The molecule has 0 aromatic carbocycles. The van der Waals surface area contributed by atoms with Crippen LogP contribution in [-0.2, 0) is 0 Å². The summed E-state index contributed by atoms with van der Waals surface area (Å²) in [6, 6.07) is 5.94. The van der Waals surface area contributed by atoms with Gasteiger partial charge >= 0.3 is 6.18 Å². The molecule has 0 spiro atoms. The summed E-state index contributed by atoms with van der Waals surface area (Å²) in [5.41, 5.74) is 0.584.